The summed E-state index contributed by atoms with van der Waals surface area (Å²) >= 11 is 0. The highest BCUT2D eigenvalue weighted by atomic mass is 19.1. The summed E-state index contributed by atoms with van der Waals surface area (Å²) in [7, 11) is 1.57. The van der Waals surface area contributed by atoms with E-state index in [1.807, 2.05) is 0 Å². The van der Waals surface area contributed by atoms with Crippen molar-refractivity contribution in [3.8, 4) is 5.75 Å². The van der Waals surface area contributed by atoms with E-state index in [-0.39, 0.29) is 23.9 Å². The summed E-state index contributed by atoms with van der Waals surface area (Å²) < 4.78 is 17.8. The second-order valence-electron chi connectivity index (χ2n) is 5.41. The van der Waals surface area contributed by atoms with E-state index >= 15 is 0 Å². The van der Waals surface area contributed by atoms with Crippen molar-refractivity contribution in [2.24, 2.45) is 0 Å². The first-order valence-electron chi connectivity index (χ1n) is 7.77. The first-order valence-corrected chi connectivity index (χ1v) is 7.77. The van der Waals surface area contributed by atoms with Crippen molar-refractivity contribution in [3.63, 3.8) is 0 Å². The molecule has 0 unspecified atom stereocenters. The number of benzene rings is 2. The lowest BCUT2D eigenvalue weighted by atomic mass is 10.1. The fraction of sp³-hybridized carbons (Fsp3) is 0.263. The zero-order chi connectivity index (χ0) is 17.4. The number of ether oxygens (including phenoxy) is 1. The van der Waals surface area contributed by atoms with Crippen LogP contribution in [0, 0.1) is 5.82 Å². The van der Waals surface area contributed by atoms with Gasteiger partial charge < -0.3 is 10.1 Å². The molecule has 0 heterocycles. The predicted molar refractivity (Wildman–Crippen MR) is 89.4 cm³/mol. The maximum Gasteiger partial charge on any atom is 0.220 e. The van der Waals surface area contributed by atoms with Crippen LogP contribution in [-0.2, 0) is 11.3 Å². The van der Waals surface area contributed by atoms with Gasteiger partial charge >= 0.3 is 0 Å². The number of amides is 1. The Morgan fingerprint density at radius 1 is 1.00 bits per heavy atom. The largest absolute Gasteiger partial charge is 0.497 e. The highest BCUT2D eigenvalue weighted by Gasteiger charge is 2.08. The van der Waals surface area contributed by atoms with Gasteiger partial charge in [0, 0.05) is 24.9 Å². The molecule has 2 aromatic rings. The lowest BCUT2D eigenvalue weighted by molar-refractivity contribution is -0.121. The number of Topliss-reactive ketones (excluding diaryl/α,β-unsaturated/α-hetero) is 1. The van der Waals surface area contributed by atoms with Gasteiger partial charge in [0.15, 0.2) is 5.78 Å². The van der Waals surface area contributed by atoms with Crippen molar-refractivity contribution in [1.29, 1.82) is 0 Å². The molecule has 0 bridgehead atoms. The van der Waals surface area contributed by atoms with E-state index in [4.69, 9.17) is 4.74 Å². The van der Waals surface area contributed by atoms with E-state index in [0.29, 0.717) is 30.7 Å². The number of carbonyl (C=O) groups excluding carboxylic acids is 2. The van der Waals surface area contributed by atoms with Gasteiger partial charge in [0.1, 0.15) is 11.6 Å². The number of methoxy groups -OCH3 is 1. The van der Waals surface area contributed by atoms with Gasteiger partial charge in [0.2, 0.25) is 5.91 Å². The molecule has 2 aromatic carbocycles. The van der Waals surface area contributed by atoms with Crippen molar-refractivity contribution in [1.82, 2.24) is 5.32 Å². The molecule has 0 fully saturated rings. The normalized spacial score (nSPS) is 10.2. The Morgan fingerprint density at radius 2 is 1.67 bits per heavy atom. The smallest absolute Gasteiger partial charge is 0.220 e. The minimum absolute atomic E-state index is 0.00369. The van der Waals surface area contributed by atoms with Gasteiger partial charge in [-0.25, -0.2) is 4.39 Å². The average molecular weight is 329 g/mol. The topological polar surface area (TPSA) is 55.4 Å². The van der Waals surface area contributed by atoms with Gasteiger partial charge in [-0.3, -0.25) is 9.59 Å². The molecule has 5 heteroatoms. The number of ketones is 1. The maximum absolute atomic E-state index is 12.8. The third-order valence-corrected chi connectivity index (χ3v) is 3.62. The summed E-state index contributed by atoms with van der Waals surface area (Å²) in [5.41, 5.74) is 1.45. The number of hydrogen-bond donors (Lipinski definition) is 1. The van der Waals surface area contributed by atoms with Gasteiger partial charge in [-0.15, -0.1) is 0 Å². The summed E-state index contributed by atoms with van der Waals surface area (Å²) in [6.07, 6.45) is 1.08. The van der Waals surface area contributed by atoms with Crippen LogP contribution >= 0.6 is 0 Å². The standard InChI is InChI=1S/C19H20FNO3/c1-24-17-11-7-15(8-12-17)18(22)3-2-4-19(23)21-13-14-5-9-16(20)10-6-14/h5-12H,2-4,13H2,1H3,(H,21,23). The lowest BCUT2D eigenvalue weighted by Crippen LogP contribution is -2.22. The molecular formula is C19H20FNO3. The number of rotatable bonds is 8. The fourth-order valence-electron chi connectivity index (χ4n) is 2.22. The van der Waals surface area contributed by atoms with Crippen molar-refractivity contribution < 1.29 is 18.7 Å². The van der Waals surface area contributed by atoms with Crippen molar-refractivity contribution >= 4 is 11.7 Å². The van der Waals surface area contributed by atoms with E-state index in [1.54, 1.807) is 43.5 Å². The molecule has 0 aliphatic carbocycles. The van der Waals surface area contributed by atoms with E-state index < -0.39 is 0 Å². The molecule has 1 amide bonds. The van der Waals surface area contributed by atoms with Crippen molar-refractivity contribution in [2.75, 3.05) is 7.11 Å². The van der Waals surface area contributed by atoms with Crippen LogP contribution in [0.15, 0.2) is 48.5 Å². The van der Waals surface area contributed by atoms with E-state index in [0.717, 1.165) is 5.56 Å². The lowest BCUT2D eigenvalue weighted by Gasteiger charge is -2.06. The zero-order valence-electron chi connectivity index (χ0n) is 13.5. The first-order chi connectivity index (χ1) is 11.6. The molecule has 0 radical (unpaired) electrons. The van der Waals surface area contributed by atoms with Crippen LogP contribution in [-0.4, -0.2) is 18.8 Å². The molecule has 0 aromatic heterocycles. The highest BCUT2D eigenvalue weighted by Crippen LogP contribution is 2.13. The van der Waals surface area contributed by atoms with Crippen LogP contribution in [0.2, 0.25) is 0 Å². The van der Waals surface area contributed by atoms with Gasteiger partial charge in [-0.05, 0) is 48.4 Å². The number of carbonyl (C=O) groups is 2. The summed E-state index contributed by atoms with van der Waals surface area (Å²) in [5.74, 6) is 0.277. The Hall–Kier alpha value is -2.69. The SMILES string of the molecule is COc1ccc(C(=O)CCCC(=O)NCc2ccc(F)cc2)cc1. The van der Waals surface area contributed by atoms with Gasteiger partial charge in [-0.2, -0.15) is 0 Å². The van der Waals surface area contributed by atoms with Crippen LogP contribution < -0.4 is 10.1 Å². The quantitative estimate of drug-likeness (QED) is 0.754. The molecule has 2 rings (SSSR count). The van der Waals surface area contributed by atoms with E-state index in [9.17, 15) is 14.0 Å². The number of nitrogens with one attached hydrogen (secondary N) is 1. The summed E-state index contributed by atoms with van der Waals surface area (Å²) in [6.45, 7) is 0.353. The fourth-order valence-corrected chi connectivity index (χ4v) is 2.22. The maximum atomic E-state index is 12.8. The predicted octanol–water partition coefficient (Wildman–Crippen LogP) is 3.50. The van der Waals surface area contributed by atoms with Crippen LogP contribution in [0.3, 0.4) is 0 Å². The van der Waals surface area contributed by atoms with Crippen molar-refractivity contribution in [3.05, 3.63) is 65.5 Å². The Kier molecular flexibility index (Phi) is 6.49. The van der Waals surface area contributed by atoms with Crippen LogP contribution in [0.5, 0.6) is 5.75 Å². The molecule has 0 aliphatic rings. The summed E-state index contributed by atoms with van der Waals surface area (Å²) in [5, 5.41) is 2.76. The third kappa shape index (κ3) is 5.50. The Morgan fingerprint density at radius 3 is 2.29 bits per heavy atom. The van der Waals surface area contributed by atoms with E-state index in [2.05, 4.69) is 5.32 Å². The minimum atomic E-state index is -0.304. The molecule has 4 nitrogen and oxygen atoms in total. The second kappa shape index (κ2) is 8.82. The molecule has 0 atom stereocenters. The molecule has 0 aliphatic heterocycles. The second-order valence-corrected chi connectivity index (χ2v) is 5.41. The van der Waals surface area contributed by atoms with Crippen LogP contribution in [0.1, 0.15) is 35.2 Å². The monoisotopic (exact) mass is 329 g/mol. The zero-order valence-corrected chi connectivity index (χ0v) is 13.5. The van der Waals surface area contributed by atoms with Gasteiger partial charge in [-0.1, -0.05) is 12.1 Å². The molecule has 0 saturated heterocycles. The first kappa shape index (κ1) is 17.7. The van der Waals surface area contributed by atoms with Gasteiger partial charge in [0.25, 0.3) is 0 Å². The average Bonchev–Trinajstić information content (AvgIpc) is 2.61. The molecule has 0 spiro atoms. The Labute approximate surface area is 140 Å². The minimum Gasteiger partial charge on any atom is -0.497 e. The molecule has 24 heavy (non-hydrogen) atoms. The molecule has 1 N–H and O–H groups in total. The summed E-state index contributed by atoms with van der Waals surface area (Å²) in [4.78, 5) is 23.8. The Balaban J connectivity index is 1.69. The van der Waals surface area contributed by atoms with Crippen LogP contribution in [0.4, 0.5) is 4.39 Å². The van der Waals surface area contributed by atoms with E-state index in [1.165, 1.54) is 12.1 Å². The molecular weight excluding hydrogens is 309 g/mol. The van der Waals surface area contributed by atoms with Crippen LogP contribution in [0.25, 0.3) is 0 Å². The third-order valence-electron chi connectivity index (χ3n) is 3.62. The Bertz CT molecular complexity index is 681. The summed E-state index contributed by atoms with van der Waals surface area (Å²) in [6, 6.07) is 12.9. The van der Waals surface area contributed by atoms with Crippen molar-refractivity contribution in [2.45, 2.75) is 25.8 Å². The number of halogens is 1. The molecule has 0 saturated carbocycles. The molecule has 126 valence electrons. The van der Waals surface area contributed by atoms with Gasteiger partial charge in [0.05, 0.1) is 7.11 Å². The number of hydrogen-bond acceptors (Lipinski definition) is 3. The highest BCUT2D eigenvalue weighted by molar-refractivity contribution is 5.96.